The van der Waals surface area contributed by atoms with Gasteiger partial charge in [-0.05, 0) is 60.2 Å². The van der Waals surface area contributed by atoms with Crippen molar-refractivity contribution in [1.29, 1.82) is 0 Å². The number of carboxylic acid groups (broad SMARTS) is 1. The van der Waals surface area contributed by atoms with Gasteiger partial charge in [0.2, 0.25) is 0 Å². The van der Waals surface area contributed by atoms with Crippen molar-refractivity contribution in [3.05, 3.63) is 78.1 Å². The van der Waals surface area contributed by atoms with E-state index in [1.54, 1.807) is 36.4 Å². The van der Waals surface area contributed by atoms with E-state index in [1.807, 2.05) is 18.2 Å². The molecule has 3 aromatic rings. The summed E-state index contributed by atoms with van der Waals surface area (Å²) in [5.41, 5.74) is 2.94. The van der Waals surface area contributed by atoms with Gasteiger partial charge in [0.05, 0.1) is 22.6 Å². The number of nitrogens with one attached hydrogen (secondary N) is 2. The second kappa shape index (κ2) is 11.9. The highest BCUT2D eigenvalue weighted by Crippen LogP contribution is 2.37. The van der Waals surface area contributed by atoms with Gasteiger partial charge in [-0.2, -0.15) is 0 Å². The summed E-state index contributed by atoms with van der Waals surface area (Å²) in [4.78, 5) is 27.3. The van der Waals surface area contributed by atoms with Crippen LogP contribution in [0.15, 0.2) is 66.7 Å². The van der Waals surface area contributed by atoms with Gasteiger partial charge in [-0.25, -0.2) is 14.0 Å². The van der Waals surface area contributed by atoms with Gasteiger partial charge < -0.3 is 20.6 Å². The van der Waals surface area contributed by atoms with Crippen LogP contribution in [0.4, 0.5) is 26.2 Å². The van der Waals surface area contributed by atoms with E-state index in [-0.39, 0.29) is 11.3 Å². The van der Waals surface area contributed by atoms with E-state index in [0.29, 0.717) is 28.8 Å². The first-order chi connectivity index (χ1) is 17.8. The van der Waals surface area contributed by atoms with Crippen molar-refractivity contribution in [3.63, 3.8) is 0 Å². The van der Waals surface area contributed by atoms with E-state index in [4.69, 9.17) is 0 Å². The predicted octanol–water partition coefficient (Wildman–Crippen LogP) is 7.63. The van der Waals surface area contributed by atoms with E-state index in [9.17, 15) is 19.1 Å². The minimum Gasteiger partial charge on any atom is -0.478 e. The molecule has 1 fully saturated rings. The molecule has 1 aliphatic carbocycles. The number of hydrogen-bond acceptors (Lipinski definition) is 3. The fourth-order valence-corrected chi connectivity index (χ4v) is 5.04. The third-order valence-electron chi connectivity index (χ3n) is 6.72. The summed E-state index contributed by atoms with van der Waals surface area (Å²) in [6.45, 7) is 5.16. The SMILES string of the molecule is CC(C)CN(c1ccc(-c2ccccc2C(=O)O)cc1NC(=O)Nc1ccccc1F)C1CCCCC1. The second-order valence-corrected chi connectivity index (χ2v) is 9.98. The Morgan fingerprint density at radius 3 is 2.32 bits per heavy atom. The summed E-state index contributed by atoms with van der Waals surface area (Å²) in [5, 5.41) is 15.2. The Labute approximate surface area is 217 Å². The molecule has 3 N–H and O–H groups in total. The molecule has 0 heterocycles. The Morgan fingerprint density at radius 1 is 0.946 bits per heavy atom. The molecule has 0 saturated heterocycles. The first-order valence-corrected chi connectivity index (χ1v) is 12.9. The highest BCUT2D eigenvalue weighted by atomic mass is 19.1. The van der Waals surface area contributed by atoms with E-state index < -0.39 is 17.8 Å². The third kappa shape index (κ3) is 6.47. The monoisotopic (exact) mass is 503 g/mol. The van der Waals surface area contributed by atoms with Crippen LogP contribution >= 0.6 is 0 Å². The van der Waals surface area contributed by atoms with Gasteiger partial charge in [-0.3, -0.25) is 0 Å². The molecule has 0 aliphatic heterocycles. The molecule has 3 aromatic carbocycles. The molecule has 4 rings (SSSR count). The number of rotatable bonds is 8. The molecule has 7 heteroatoms. The quantitative estimate of drug-likeness (QED) is 0.295. The van der Waals surface area contributed by atoms with Crippen LogP contribution in [0, 0.1) is 11.7 Å². The van der Waals surface area contributed by atoms with Crippen LogP contribution in [0.3, 0.4) is 0 Å². The maximum absolute atomic E-state index is 14.2. The molecule has 2 amide bonds. The average Bonchev–Trinajstić information content (AvgIpc) is 2.89. The lowest BCUT2D eigenvalue weighted by Gasteiger charge is -2.38. The first-order valence-electron chi connectivity index (χ1n) is 12.9. The van der Waals surface area contributed by atoms with Gasteiger partial charge in [0, 0.05) is 12.6 Å². The number of hydrogen-bond donors (Lipinski definition) is 3. The molecular formula is C30H34FN3O3. The van der Waals surface area contributed by atoms with Crippen molar-refractivity contribution in [2.24, 2.45) is 5.92 Å². The third-order valence-corrected chi connectivity index (χ3v) is 6.72. The summed E-state index contributed by atoms with van der Waals surface area (Å²) in [7, 11) is 0. The summed E-state index contributed by atoms with van der Waals surface area (Å²) < 4.78 is 14.2. The topological polar surface area (TPSA) is 81.7 Å². The Morgan fingerprint density at radius 2 is 1.62 bits per heavy atom. The average molecular weight is 504 g/mol. The van der Waals surface area contributed by atoms with E-state index in [2.05, 4.69) is 29.4 Å². The van der Waals surface area contributed by atoms with Crippen molar-refractivity contribution in [2.75, 3.05) is 22.1 Å². The van der Waals surface area contributed by atoms with Gasteiger partial charge in [0.25, 0.3) is 0 Å². The van der Waals surface area contributed by atoms with Crippen LogP contribution in [0.2, 0.25) is 0 Å². The molecule has 194 valence electrons. The highest BCUT2D eigenvalue weighted by Gasteiger charge is 2.25. The molecule has 1 aliphatic rings. The number of urea groups is 1. The first kappa shape index (κ1) is 26.2. The second-order valence-electron chi connectivity index (χ2n) is 9.98. The lowest BCUT2D eigenvalue weighted by atomic mass is 9.92. The fourth-order valence-electron chi connectivity index (χ4n) is 5.04. The Bertz CT molecular complexity index is 1250. The molecule has 6 nitrogen and oxygen atoms in total. The number of halogens is 1. The lowest BCUT2D eigenvalue weighted by molar-refractivity contribution is 0.0697. The summed E-state index contributed by atoms with van der Waals surface area (Å²) in [6.07, 6.45) is 5.72. The van der Waals surface area contributed by atoms with Gasteiger partial charge in [-0.15, -0.1) is 0 Å². The molecule has 1 saturated carbocycles. The van der Waals surface area contributed by atoms with Crippen LogP contribution < -0.4 is 15.5 Å². The van der Waals surface area contributed by atoms with Crippen molar-refractivity contribution >= 4 is 29.1 Å². The van der Waals surface area contributed by atoms with Gasteiger partial charge in [-0.1, -0.05) is 69.5 Å². The Kier molecular flexibility index (Phi) is 8.43. The maximum atomic E-state index is 14.2. The highest BCUT2D eigenvalue weighted by molar-refractivity contribution is 6.03. The molecule has 0 aromatic heterocycles. The van der Waals surface area contributed by atoms with Crippen molar-refractivity contribution in [1.82, 2.24) is 0 Å². The standard InChI is InChI=1S/C30H34FN3O3/c1-20(2)19-34(22-10-4-3-5-11-22)28-17-16-21(23-12-6-7-13-24(23)29(35)36)18-27(28)33-30(37)32-26-15-9-8-14-25(26)31/h6-9,12-18,20,22H,3-5,10-11,19H2,1-2H3,(H,35,36)(H2,32,33,37). The number of benzene rings is 3. The maximum Gasteiger partial charge on any atom is 0.336 e. The zero-order valence-corrected chi connectivity index (χ0v) is 21.3. The molecule has 0 spiro atoms. The van der Waals surface area contributed by atoms with Gasteiger partial charge in [0.15, 0.2) is 0 Å². The smallest absolute Gasteiger partial charge is 0.336 e. The van der Waals surface area contributed by atoms with Gasteiger partial charge >= 0.3 is 12.0 Å². The number of nitrogens with zero attached hydrogens (tertiary/aromatic N) is 1. The van der Waals surface area contributed by atoms with Crippen LogP contribution in [0.25, 0.3) is 11.1 Å². The van der Waals surface area contributed by atoms with Crippen LogP contribution in [0.1, 0.15) is 56.3 Å². The number of carboxylic acids is 1. The van der Waals surface area contributed by atoms with Crippen molar-refractivity contribution < 1.29 is 19.1 Å². The number of aromatic carboxylic acids is 1. The molecule has 37 heavy (non-hydrogen) atoms. The number of para-hydroxylation sites is 1. The largest absolute Gasteiger partial charge is 0.478 e. The normalized spacial score (nSPS) is 13.8. The molecule has 0 radical (unpaired) electrons. The van der Waals surface area contributed by atoms with Crippen LogP contribution in [-0.4, -0.2) is 29.7 Å². The van der Waals surface area contributed by atoms with E-state index in [1.165, 1.54) is 31.4 Å². The predicted molar refractivity (Wildman–Crippen MR) is 147 cm³/mol. The zero-order valence-electron chi connectivity index (χ0n) is 21.3. The summed E-state index contributed by atoms with van der Waals surface area (Å²) >= 11 is 0. The van der Waals surface area contributed by atoms with Crippen molar-refractivity contribution in [2.45, 2.75) is 52.0 Å². The molecule has 0 bridgehead atoms. The van der Waals surface area contributed by atoms with Gasteiger partial charge in [0.1, 0.15) is 5.82 Å². The van der Waals surface area contributed by atoms with Crippen molar-refractivity contribution in [3.8, 4) is 11.1 Å². The van der Waals surface area contributed by atoms with Crippen LogP contribution in [0.5, 0.6) is 0 Å². The number of carbonyl (C=O) groups is 2. The molecule has 0 unspecified atom stereocenters. The Balaban J connectivity index is 1.76. The van der Waals surface area contributed by atoms with E-state index in [0.717, 1.165) is 25.1 Å². The number of amides is 2. The van der Waals surface area contributed by atoms with Crippen LogP contribution in [-0.2, 0) is 0 Å². The fraction of sp³-hybridized carbons (Fsp3) is 0.333. The molecular weight excluding hydrogens is 469 g/mol. The minimum absolute atomic E-state index is 0.0836. The zero-order chi connectivity index (χ0) is 26.4. The summed E-state index contributed by atoms with van der Waals surface area (Å²) in [5.74, 6) is -1.14. The summed E-state index contributed by atoms with van der Waals surface area (Å²) in [6, 6.07) is 18.3. The lowest BCUT2D eigenvalue weighted by Crippen LogP contribution is -2.40. The number of anilines is 3. The van der Waals surface area contributed by atoms with E-state index >= 15 is 0 Å². The molecule has 0 atom stereocenters. The number of carbonyl (C=O) groups excluding carboxylic acids is 1. The Hall–Kier alpha value is -3.87. The minimum atomic E-state index is -1.02.